The Morgan fingerprint density at radius 2 is 2.12 bits per heavy atom. The van der Waals surface area contributed by atoms with Crippen molar-refractivity contribution in [3.05, 3.63) is 48.7 Å². The van der Waals surface area contributed by atoms with Gasteiger partial charge in [-0.2, -0.15) is 0 Å². The van der Waals surface area contributed by atoms with E-state index in [1.54, 1.807) is 13.1 Å². The van der Waals surface area contributed by atoms with E-state index in [-0.39, 0.29) is 5.91 Å². The number of carbonyl (C=O) groups excluding carboxylic acids is 1. The van der Waals surface area contributed by atoms with E-state index in [9.17, 15) is 4.79 Å². The summed E-state index contributed by atoms with van der Waals surface area (Å²) in [6, 6.07) is 6.03. The highest BCUT2D eigenvalue weighted by Crippen LogP contribution is 2.27. The molecule has 1 saturated heterocycles. The third kappa shape index (κ3) is 2.64. The van der Waals surface area contributed by atoms with Crippen molar-refractivity contribution in [2.24, 2.45) is 0 Å². The minimum Gasteiger partial charge on any atom is -0.342 e. The monoisotopic (exact) mass is 321 g/mol. The molecule has 4 rings (SSSR count). The fourth-order valence-corrected chi connectivity index (χ4v) is 3.34. The molecule has 122 valence electrons. The van der Waals surface area contributed by atoms with Crippen molar-refractivity contribution >= 4 is 11.7 Å². The Labute approximate surface area is 140 Å². The van der Waals surface area contributed by atoms with Gasteiger partial charge in [-0.25, -0.2) is 9.97 Å². The lowest BCUT2D eigenvalue weighted by molar-refractivity contribution is -0.130. The number of amides is 1. The Morgan fingerprint density at radius 3 is 2.92 bits per heavy atom. The second-order valence-electron chi connectivity index (χ2n) is 6.21. The zero-order valence-electron chi connectivity index (χ0n) is 13.6. The molecule has 1 fully saturated rings. The van der Waals surface area contributed by atoms with Crippen LogP contribution in [0.3, 0.4) is 0 Å². The number of carbonyl (C=O) groups is 1. The zero-order chi connectivity index (χ0) is 16.5. The van der Waals surface area contributed by atoms with Crippen LogP contribution in [-0.2, 0) is 4.79 Å². The number of likely N-dealkylation sites (tertiary alicyclic amines) is 1. The van der Waals surface area contributed by atoms with Crippen LogP contribution in [0.25, 0.3) is 17.0 Å². The summed E-state index contributed by atoms with van der Waals surface area (Å²) in [5.74, 6) is 1.15. The molecule has 0 N–H and O–H groups in total. The van der Waals surface area contributed by atoms with E-state index in [1.807, 2.05) is 34.0 Å². The van der Waals surface area contributed by atoms with Gasteiger partial charge >= 0.3 is 0 Å². The van der Waals surface area contributed by atoms with Gasteiger partial charge in [0.1, 0.15) is 0 Å². The van der Waals surface area contributed by atoms with Gasteiger partial charge in [-0.05, 0) is 31.0 Å². The van der Waals surface area contributed by atoms with E-state index in [0.717, 1.165) is 42.9 Å². The highest BCUT2D eigenvalue weighted by Gasteiger charge is 2.23. The number of imidazole rings is 1. The normalized spacial score (nSPS) is 18.0. The zero-order valence-corrected chi connectivity index (χ0v) is 13.6. The maximum absolute atomic E-state index is 11.6. The van der Waals surface area contributed by atoms with Crippen molar-refractivity contribution in [1.29, 1.82) is 0 Å². The molecule has 0 unspecified atom stereocenters. The lowest BCUT2D eigenvalue weighted by Crippen LogP contribution is -2.37. The van der Waals surface area contributed by atoms with Crippen LogP contribution in [0, 0.1) is 0 Å². The van der Waals surface area contributed by atoms with Crippen molar-refractivity contribution < 1.29 is 4.79 Å². The first-order valence-corrected chi connectivity index (χ1v) is 8.22. The number of fused-ring (bicyclic) bond motifs is 1. The Balaban J connectivity index is 1.60. The molecular weight excluding hydrogens is 302 g/mol. The number of hydrogen-bond donors (Lipinski definition) is 0. The first-order chi connectivity index (χ1) is 11.7. The number of piperidine rings is 1. The minimum atomic E-state index is 0.148. The standard InChI is InChI=1S/C18H19N5O/c1-13(24)22-8-2-4-15(12-22)16-6-5-14(10-20-16)17-11-21-18-19-7-3-9-23(17)18/h3,5-7,9-11,15H,2,4,8,12H2,1H3/t15-/m1/s1. The highest BCUT2D eigenvalue weighted by atomic mass is 16.2. The Morgan fingerprint density at radius 1 is 1.21 bits per heavy atom. The molecule has 1 atom stereocenters. The van der Waals surface area contributed by atoms with Crippen LogP contribution in [0.2, 0.25) is 0 Å². The molecule has 0 bridgehead atoms. The minimum absolute atomic E-state index is 0.148. The van der Waals surface area contributed by atoms with Crippen LogP contribution in [-0.4, -0.2) is 43.2 Å². The summed E-state index contributed by atoms with van der Waals surface area (Å²) in [6.45, 7) is 3.26. The quantitative estimate of drug-likeness (QED) is 0.727. The molecule has 6 nitrogen and oxygen atoms in total. The maximum atomic E-state index is 11.6. The van der Waals surface area contributed by atoms with E-state index in [1.165, 1.54) is 0 Å². The molecule has 0 radical (unpaired) electrons. The van der Waals surface area contributed by atoms with Crippen molar-refractivity contribution in [2.75, 3.05) is 13.1 Å². The summed E-state index contributed by atoms with van der Waals surface area (Å²) in [5.41, 5.74) is 3.04. The van der Waals surface area contributed by atoms with Crippen LogP contribution < -0.4 is 0 Å². The number of pyridine rings is 1. The van der Waals surface area contributed by atoms with Gasteiger partial charge in [0.25, 0.3) is 0 Å². The van der Waals surface area contributed by atoms with E-state index in [4.69, 9.17) is 0 Å². The van der Waals surface area contributed by atoms with E-state index in [2.05, 4.69) is 27.1 Å². The first-order valence-electron chi connectivity index (χ1n) is 8.22. The molecule has 0 spiro atoms. The topological polar surface area (TPSA) is 63.4 Å². The summed E-state index contributed by atoms with van der Waals surface area (Å²) >= 11 is 0. The smallest absolute Gasteiger partial charge is 0.234 e. The molecule has 1 aliphatic heterocycles. The van der Waals surface area contributed by atoms with Gasteiger partial charge in [0.15, 0.2) is 0 Å². The number of nitrogens with zero attached hydrogens (tertiary/aromatic N) is 5. The molecule has 1 amide bonds. The fraction of sp³-hybridized carbons (Fsp3) is 0.333. The van der Waals surface area contributed by atoms with Crippen LogP contribution in [0.5, 0.6) is 0 Å². The average Bonchev–Trinajstić information content (AvgIpc) is 3.06. The van der Waals surface area contributed by atoms with E-state index < -0.39 is 0 Å². The molecule has 6 heteroatoms. The van der Waals surface area contributed by atoms with Crippen LogP contribution in [0.4, 0.5) is 0 Å². The van der Waals surface area contributed by atoms with Gasteiger partial charge in [0.05, 0.1) is 11.9 Å². The van der Waals surface area contributed by atoms with Crippen LogP contribution in [0.15, 0.2) is 43.0 Å². The van der Waals surface area contributed by atoms with Gasteiger partial charge in [-0.1, -0.05) is 0 Å². The number of aromatic nitrogens is 4. The first kappa shape index (κ1) is 14.8. The molecule has 24 heavy (non-hydrogen) atoms. The van der Waals surface area contributed by atoms with Gasteiger partial charge in [-0.15, -0.1) is 0 Å². The lowest BCUT2D eigenvalue weighted by Gasteiger charge is -2.31. The second-order valence-corrected chi connectivity index (χ2v) is 6.21. The summed E-state index contributed by atoms with van der Waals surface area (Å²) in [7, 11) is 0. The van der Waals surface area contributed by atoms with Gasteiger partial charge in [0.2, 0.25) is 11.7 Å². The van der Waals surface area contributed by atoms with Gasteiger partial charge in [0, 0.05) is 55.8 Å². The molecule has 1 aliphatic rings. The fourth-order valence-electron chi connectivity index (χ4n) is 3.34. The summed E-state index contributed by atoms with van der Waals surface area (Å²) in [6.07, 6.45) is 9.50. The molecule has 4 heterocycles. The molecular formula is C18H19N5O. The molecule has 3 aromatic heterocycles. The van der Waals surface area contributed by atoms with E-state index >= 15 is 0 Å². The molecule has 0 aromatic carbocycles. The molecule has 0 aliphatic carbocycles. The third-order valence-electron chi connectivity index (χ3n) is 4.66. The predicted octanol–water partition coefficient (Wildman–Crippen LogP) is 2.52. The van der Waals surface area contributed by atoms with Gasteiger partial charge in [-0.3, -0.25) is 14.2 Å². The summed E-state index contributed by atoms with van der Waals surface area (Å²) in [5, 5.41) is 0. The second kappa shape index (κ2) is 6.03. The SMILES string of the molecule is CC(=O)N1CCC[C@@H](c2ccc(-c3cnc4ncccn34)cn2)C1. The Bertz CT molecular complexity index is 871. The lowest BCUT2D eigenvalue weighted by atomic mass is 9.94. The molecule has 0 saturated carbocycles. The Hall–Kier alpha value is -2.76. The highest BCUT2D eigenvalue weighted by molar-refractivity contribution is 5.73. The number of rotatable bonds is 2. The van der Waals surface area contributed by atoms with Crippen molar-refractivity contribution in [2.45, 2.75) is 25.7 Å². The van der Waals surface area contributed by atoms with Crippen molar-refractivity contribution in [3.63, 3.8) is 0 Å². The van der Waals surface area contributed by atoms with Gasteiger partial charge < -0.3 is 4.90 Å². The summed E-state index contributed by atoms with van der Waals surface area (Å²) < 4.78 is 1.95. The van der Waals surface area contributed by atoms with Crippen LogP contribution in [0.1, 0.15) is 31.4 Å². The predicted molar refractivity (Wildman–Crippen MR) is 90.4 cm³/mol. The Kier molecular flexibility index (Phi) is 3.72. The van der Waals surface area contributed by atoms with Crippen molar-refractivity contribution in [1.82, 2.24) is 24.3 Å². The van der Waals surface area contributed by atoms with E-state index in [0.29, 0.717) is 11.7 Å². The van der Waals surface area contributed by atoms with Crippen molar-refractivity contribution in [3.8, 4) is 11.3 Å². The third-order valence-corrected chi connectivity index (χ3v) is 4.66. The summed E-state index contributed by atoms with van der Waals surface area (Å²) in [4.78, 5) is 26.7. The molecule has 3 aromatic rings. The largest absolute Gasteiger partial charge is 0.342 e. The number of hydrogen-bond acceptors (Lipinski definition) is 4. The average molecular weight is 321 g/mol. The maximum Gasteiger partial charge on any atom is 0.234 e. The van der Waals surface area contributed by atoms with Crippen LogP contribution >= 0.6 is 0 Å².